The molecule has 2 heterocycles. The Morgan fingerprint density at radius 1 is 1.02 bits per heavy atom. The largest absolute Gasteiger partial charge is 0.490 e. The highest BCUT2D eigenvalue weighted by Crippen LogP contribution is 2.42. The molecule has 0 spiro atoms. The minimum Gasteiger partial charge on any atom is -0.490 e. The van der Waals surface area contributed by atoms with Gasteiger partial charge < -0.3 is 13.9 Å². The molecule has 4 aromatic carbocycles. The molecule has 0 unspecified atom stereocenters. The highest BCUT2D eigenvalue weighted by Gasteiger charge is 2.20. The van der Waals surface area contributed by atoms with Crippen molar-refractivity contribution in [1.29, 1.82) is 0 Å². The topological polar surface area (TPSA) is 78.9 Å². The van der Waals surface area contributed by atoms with Gasteiger partial charge >= 0.3 is 0 Å². The minimum atomic E-state index is -0.361. The number of hydrogen-bond acceptors (Lipinski definition) is 6. The first-order chi connectivity index (χ1) is 20.8. The third-order valence-electron chi connectivity index (χ3n) is 6.72. The monoisotopic (exact) mass is 675 g/mol. The molecule has 0 radical (unpaired) electrons. The van der Waals surface area contributed by atoms with Crippen molar-refractivity contribution < 1.29 is 13.9 Å². The second kappa shape index (κ2) is 12.2. The van der Waals surface area contributed by atoms with Gasteiger partial charge in [0.25, 0.3) is 5.56 Å². The molecule has 0 saturated heterocycles. The van der Waals surface area contributed by atoms with Crippen LogP contribution < -0.4 is 15.0 Å². The van der Waals surface area contributed by atoms with Gasteiger partial charge in [0, 0.05) is 20.4 Å². The van der Waals surface area contributed by atoms with Crippen LogP contribution in [-0.4, -0.2) is 22.5 Å². The maximum atomic E-state index is 13.7. The van der Waals surface area contributed by atoms with Crippen LogP contribution in [0.3, 0.4) is 0 Å². The molecule has 0 fully saturated rings. The average molecular weight is 677 g/mol. The van der Waals surface area contributed by atoms with E-state index in [-0.39, 0.29) is 11.4 Å². The van der Waals surface area contributed by atoms with Crippen molar-refractivity contribution in [1.82, 2.24) is 9.66 Å². The fourth-order valence-corrected chi connectivity index (χ4v) is 5.40. The Morgan fingerprint density at radius 2 is 1.81 bits per heavy atom. The van der Waals surface area contributed by atoms with Crippen LogP contribution in [0.4, 0.5) is 0 Å². The fraction of sp³-hybridized carbons (Fsp3) is 0.121. The number of halogens is 3. The first-order valence-electron chi connectivity index (χ1n) is 13.4. The SMILES string of the molecule is CCOc1cc(C=Nn2c(-c3cc4cc(Cl)ccc4o3)nc3ccccc3c2=O)c(Br)c(Cl)c1OCc1ccc(C)cc1. The van der Waals surface area contributed by atoms with Gasteiger partial charge in [0.05, 0.1) is 23.7 Å². The standard InChI is InChI=1S/C33H24BrCl2N3O4/c1-3-41-27-16-22(29(34)30(36)31(27)42-18-20-10-8-19(2)9-11-20)17-37-39-32(38-25-7-5-4-6-24(25)33(39)40)28-15-21-14-23(35)12-13-26(21)43-28/h4-17H,3,18H2,1-2H3. The van der Waals surface area contributed by atoms with Crippen LogP contribution in [0.1, 0.15) is 23.6 Å². The Morgan fingerprint density at radius 3 is 2.60 bits per heavy atom. The van der Waals surface area contributed by atoms with Gasteiger partial charge in [-0.25, -0.2) is 4.98 Å². The van der Waals surface area contributed by atoms with Crippen LogP contribution in [0.5, 0.6) is 11.5 Å². The third-order valence-corrected chi connectivity index (χ3v) is 8.40. The predicted molar refractivity (Wildman–Crippen MR) is 175 cm³/mol. The second-order valence-corrected chi connectivity index (χ2v) is 11.3. The van der Waals surface area contributed by atoms with E-state index < -0.39 is 0 Å². The molecule has 43 heavy (non-hydrogen) atoms. The molecule has 2 aromatic heterocycles. The van der Waals surface area contributed by atoms with Gasteiger partial charge in [-0.2, -0.15) is 9.78 Å². The normalized spacial score (nSPS) is 11.6. The van der Waals surface area contributed by atoms with Crippen LogP contribution in [0.15, 0.2) is 97.6 Å². The van der Waals surface area contributed by atoms with E-state index in [1.54, 1.807) is 48.5 Å². The minimum absolute atomic E-state index is 0.234. The third kappa shape index (κ3) is 5.91. The predicted octanol–water partition coefficient (Wildman–Crippen LogP) is 9.05. The number of nitrogens with zero attached hydrogens (tertiary/aromatic N) is 3. The number of para-hydroxylation sites is 1. The Balaban J connectivity index is 1.43. The van der Waals surface area contributed by atoms with Crippen LogP contribution in [-0.2, 0) is 6.61 Å². The van der Waals surface area contributed by atoms with E-state index in [1.807, 2.05) is 44.2 Å². The number of fused-ring (bicyclic) bond motifs is 2. The summed E-state index contributed by atoms with van der Waals surface area (Å²) in [7, 11) is 0. The fourth-order valence-electron chi connectivity index (χ4n) is 4.57. The van der Waals surface area contributed by atoms with Crippen molar-refractivity contribution in [2.24, 2.45) is 5.10 Å². The first-order valence-corrected chi connectivity index (χ1v) is 15.0. The zero-order valence-electron chi connectivity index (χ0n) is 23.1. The van der Waals surface area contributed by atoms with E-state index in [9.17, 15) is 4.79 Å². The lowest BCUT2D eigenvalue weighted by Crippen LogP contribution is -2.20. The molecule has 0 aliphatic rings. The summed E-state index contributed by atoms with van der Waals surface area (Å²) in [6, 6.07) is 24.0. The lowest BCUT2D eigenvalue weighted by atomic mass is 10.1. The summed E-state index contributed by atoms with van der Waals surface area (Å²) in [5.41, 5.74) is 3.49. The van der Waals surface area contributed by atoms with E-state index in [4.69, 9.17) is 42.1 Å². The Bertz CT molecular complexity index is 2070. The van der Waals surface area contributed by atoms with Gasteiger partial charge in [0.1, 0.15) is 17.2 Å². The number of aromatic nitrogens is 2. The summed E-state index contributed by atoms with van der Waals surface area (Å²) in [6.45, 7) is 4.61. The quantitative estimate of drug-likeness (QED) is 0.150. The van der Waals surface area contributed by atoms with E-state index in [0.717, 1.165) is 16.5 Å². The lowest BCUT2D eigenvalue weighted by Gasteiger charge is -2.16. The van der Waals surface area contributed by atoms with E-state index >= 15 is 0 Å². The molecule has 0 saturated carbocycles. The highest BCUT2D eigenvalue weighted by molar-refractivity contribution is 9.10. The van der Waals surface area contributed by atoms with E-state index in [2.05, 4.69) is 21.0 Å². The van der Waals surface area contributed by atoms with Crippen molar-refractivity contribution in [2.45, 2.75) is 20.5 Å². The maximum absolute atomic E-state index is 13.7. The molecule has 216 valence electrons. The van der Waals surface area contributed by atoms with Gasteiger partial charge in [-0.1, -0.05) is 65.2 Å². The van der Waals surface area contributed by atoms with Gasteiger partial charge in [-0.05, 0) is 77.8 Å². The number of aryl methyl sites for hydroxylation is 1. The van der Waals surface area contributed by atoms with Gasteiger partial charge in [0.15, 0.2) is 17.3 Å². The van der Waals surface area contributed by atoms with Gasteiger partial charge in [-0.15, -0.1) is 0 Å². The van der Waals surface area contributed by atoms with Crippen molar-refractivity contribution in [2.75, 3.05) is 6.61 Å². The molecule has 0 amide bonds. The molecular weight excluding hydrogens is 653 g/mol. The molecule has 0 aliphatic carbocycles. The van der Waals surface area contributed by atoms with Crippen LogP contribution in [0.2, 0.25) is 10.0 Å². The van der Waals surface area contributed by atoms with Crippen LogP contribution in [0, 0.1) is 6.92 Å². The summed E-state index contributed by atoms with van der Waals surface area (Å²) in [6.07, 6.45) is 1.52. The number of hydrogen-bond donors (Lipinski definition) is 0. The molecule has 10 heteroatoms. The molecule has 7 nitrogen and oxygen atoms in total. The van der Waals surface area contributed by atoms with Crippen molar-refractivity contribution >= 4 is 67.2 Å². The summed E-state index contributed by atoms with van der Waals surface area (Å²) in [5, 5.41) is 6.64. The average Bonchev–Trinajstić information content (AvgIpc) is 3.43. The van der Waals surface area contributed by atoms with Gasteiger partial charge in [0.2, 0.25) is 5.82 Å². The smallest absolute Gasteiger partial charge is 0.282 e. The Kier molecular flexibility index (Phi) is 8.25. The molecule has 0 bridgehead atoms. The molecular formula is C33H24BrCl2N3O4. The highest BCUT2D eigenvalue weighted by atomic mass is 79.9. The molecule has 0 atom stereocenters. The zero-order chi connectivity index (χ0) is 30.1. The van der Waals surface area contributed by atoms with Crippen molar-refractivity contribution in [3.63, 3.8) is 0 Å². The molecule has 0 aliphatic heterocycles. The van der Waals surface area contributed by atoms with Crippen LogP contribution in [0.25, 0.3) is 33.5 Å². The second-order valence-electron chi connectivity index (χ2n) is 9.74. The van der Waals surface area contributed by atoms with E-state index in [1.165, 1.54) is 10.9 Å². The van der Waals surface area contributed by atoms with Crippen LogP contribution >= 0.6 is 39.1 Å². The molecule has 6 rings (SSSR count). The number of ether oxygens (including phenoxy) is 2. The molecule has 6 aromatic rings. The lowest BCUT2D eigenvalue weighted by molar-refractivity contribution is 0.269. The summed E-state index contributed by atoms with van der Waals surface area (Å²) >= 11 is 16.6. The number of benzene rings is 4. The summed E-state index contributed by atoms with van der Waals surface area (Å²) < 4.78 is 19.8. The Hall–Kier alpha value is -4.11. The summed E-state index contributed by atoms with van der Waals surface area (Å²) in [5.74, 6) is 1.45. The first kappa shape index (κ1) is 29.0. The van der Waals surface area contributed by atoms with Gasteiger partial charge in [-0.3, -0.25) is 4.79 Å². The zero-order valence-corrected chi connectivity index (χ0v) is 26.2. The Labute approximate surface area is 265 Å². The maximum Gasteiger partial charge on any atom is 0.282 e. The summed E-state index contributed by atoms with van der Waals surface area (Å²) in [4.78, 5) is 18.4. The van der Waals surface area contributed by atoms with Crippen molar-refractivity contribution in [3.8, 4) is 23.1 Å². The van der Waals surface area contributed by atoms with E-state index in [0.29, 0.717) is 67.0 Å². The number of furan rings is 1. The molecule has 0 N–H and O–H groups in total. The van der Waals surface area contributed by atoms with Crippen molar-refractivity contribution in [3.05, 3.63) is 120 Å². The number of rotatable bonds is 8.